The summed E-state index contributed by atoms with van der Waals surface area (Å²) < 4.78 is 1.46. The Balaban J connectivity index is 1.57. The lowest BCUT2D eigenvalue weighted by Crippen LogP contribution is -2.35. The maximum Gasteiger partial charge on any atom is 0.269 e. The van der Waals surface area contributed by atoms with Crippen LogP contribution < -0.4 is 10.9 Å². The molecule has 5 nitrogen and oxygen atoms in total. The molecule has 1 N–H and O–H groups in total. The van der Waals surface area contributed by atoms with Gasteiger partial charge in [0.2, 0.25) is 5.91 Å². The number of halogens is 1. The molecule has 26 heavy (non-hydrogen) atoms. The summed E-state index contributed by atoms with van der Waals surface area (Å²) in [7, 11) is 0. The van der Waals surface area contributed by atoms with Gasteiger partial charge in [-0.25, -0.2) is 4.98 Å². The van der Waals surface area contributed by atoms with Gasteiger partial charge >= 0.3 is 0 Å². The molecule has 1 amide bonds. The van der Waals surface area contributed by atoms with E-state index in [1.165, 1.54) is 10.8 Å². The molecular formula is C20H18ClN3O2. The van der Waals surface area contributed by atoms with Crippen molar-refractivity contribution in [3.05, 3.63) is 75.7 Å². The number of nitrogens with one attached hydrogen (secondary N) is 1. The van der Waals surface area contributed by atoms with E-state index in [0.29, 0.717) is 22.0 Å². The van der Waals surface area contributed by atoms with Crippen molar-refractivity contribution >= 4 is 28.5 Å². The Morgan fingerprint density at radius 2 is 1.92 bits per heavy atom. The number of nitrogens with zero attached hydrogens (tertiary/aromatic N) is 2. The van der Waals surface area contributed by atoms with Gasteiger partial charge in [0.25, 0.3) is 5.56 Å². The van der Waals surface area contributed by atoms with Gasteiger partial charge in [-0.2, -0.15) is 0 Å². The van der Waals surface area contributed by atoms with Crippen LogP contribution in [0.25, 0.3) is 11.0 Å². The molecule has 1 fully saturated rings. The van der Waals surface area contributed by atoms with E-state index in [0.717, 1.165) is 18.4 Å². The number of hydrogen-bond acceptors (Lipinski definition) is 3. The van der Waals surface area contributed by atoms with Crippen LogP contribution in [0.5, 0.6) is 0 Å². The van der Waals surface area contributed by atoms with Crippen LogP contribution in [-0.2, 0) is 11.3 Å². The van der Waals surface area contributed by atoms with Gasteiger partial charge in [0.1, 0.15) is 6.54 Å². The summed E-state index contributed by atoms with van der Waals surface area (Å²) in [5.41, 5.74) is 2.10. The van der Waals surface area contributed by atoms with Gasteiger partial charge < -0.3 is 5.32 Å². The van der Waals surface area contributed by atoms with Crippen molar-refractivity contribution in [2.24, 2.45) is 5.92 Å². The van der Waals surface area contributed by atoms with E-state index in [4.69, 9.17) is 11.6 Å². The second-order valence-corrected chi connectivity index (χ2v) is 7.04. The Kier molecular flexibility index (Phi) is 4.47. The lowest BCUT2D eigenvalue weighted by molar-refractivity contribution is -0.122. The molecule has 1 aliphatic carbocycles. The molecule has 1 aromatic heterocycles. The summed E-state index contributed by atoms with van der Waals surface area (Å²) in [5, 5.41) is 3.76. The minimum absolute atomic E-state index is 0.0291. The number of fused-ring (bicyclic) bond motifs is 1. The van der Waals surface area contributed by atoms with Gasteiger partial charge in [-0.1, -0.05) is 35.9 Å². The number of benzene rings is 2. The van der Waals surface area contributed by atoms with Crippen LogP contribution in [0.1, 0.15) is 24.4 Å². The van der Waals surface area contributed by atoms with Gasteiger partial charge in [0.15, 0.2) is 0 Å². The molecule has 3 aromatic rings. The average molecular weight is 368 g/mol. The van der Waals surface area contributed by atoms with Crippen LogP contribution in [0, 0.1) is 5.92 Å². The fraction of sp³-hybridized carbons (Fsp3) is 0.250. The first-order valence-corrected chi connectivity index (χ1v) is 8.99. The predicted octanol–water partition coefficient (Wildman–Crippen LogP) is 3.32. The Morgan fingerprint density at radius 1 is 1.19 bits per heavy atom. The number of aromatic nitrogens is 2. The highest BCUT2D eigenvalue weighted by Crippen LogP contribution is 2.41. The summed E-state index contributed by atoms with van der Waals surface area (Å²) in [6, 6.07) is 14.8. The molecule has 0 aliphatic heterocycles. The van der Waals surface area contributed by atoms with E-state index >= 15 is 0 Å². The summed E-state index contributed by atoms with van der Waals surface area (Å²) in [6.07, 6.45) is 3.44. The number of hydrogen-bond donors (Lipinski definition) is 1. The lowest BCUT2D eigenvalue weighted by Gasteiger charge is -2.19. The fourth-order valence-corrected chi connectivity index (χ4v) is 3.34. The Bertz CT molecular complexity index is 1010. The number of rotatable bonds is 5. The summed E-state index contributed by atoms with van der Waals surface area (Å²) in [4.78, 5) is 29.0. The lowest BCUT2D eigenvalue weighted by atomic mass is 10.0. The number of carbonyl (C=O) groups is 1. The normalized spacial score (nSPS) is 15.0. The average Bonchev–Trinajstić information content (AvgIpc) is 3.48. The fourth-order valence-electron chi connectivity index (χ4n) is 3.21. The van der Waals surface area contributed by atoms with Gasteiger partial charge in [-0.15, -0.1) is 0 Å². The maximum absolute atomic E-state index is 12.7. The van der Waals surface area contributed by atoms with E-state index in [9.17, 15) is 9.59 Å². The molecule has 1 atom stereocenters. The van der Waals surface area contributed by atoms with Crippen LogP contribution >= 0.6 is 11.6 Å². The molecule has 0 spiro atoms. The van der Waals surface area contributed by atoms with Gasteiger partial charge in [-0.3, -0.25) is 14.2 Å². The van der Waals surface area contributed by atoms with Crippen LogP contribution in [0.15, 0.2) is 59.5 Å². The zero-order chi connectivity index (χ0) is 18.1. The van der Waals surface area contributed by atoms with E-state index < -0.39 is 0 Å². The second-order valence-electron chi connectivity index (χ2n) is 6.61. The first-order valence-electron chi connectivity index (χ1n) is 8.61. The Morgan fingerprint density at radius 3 is 2.65 bits per heavy atom. The molecule has 0 saturated heterocycles. The van der Waals surface area contributed by atoms with E-state index in [2.05, 4.69) is 10.3 Å². The Hall–Kier alpha value is -2.66. The largest absolute Gasteiger partial charge is 0.347 e. The summed E-state index contributed by atoms with van der Waals surface area (Å²) in [5.74, 6) is 0.251. The van der Waals surface area contributed by atoms with Crippen molar-refractivity contribution in [1.82, 2.24) is 14.9 Å². The minimum Gasteiger partial charge on any atom is -0.347 e. The molecule has 1 unspecified atom stereocenters. The number of amides is 1. The zero-order valence-corrected chi connectivity index (χ0v) is 14.8. The molecule has 2 aromatic carbocycles. The Labute approximate surface area is 155 Å². The molecule has 4 rings (SSSR count). The van der Waals surface area contributed by atoms with Crippen LogP contribution in [0.2, 0.25) is 5.02 Å². The number of carbonyl (C=O) groups excluding carboxylic acids is 1. The first-order chi connectivity index (χ1) is 12.6. The SMILES string of the molecule is O=C(Cn1c(=O)cnc2ccccc21)NC(c1ccc(Cl)cc1)C1CC1. The molecule has 0 radical (unpaired) electrons. The van der Waals surface area contributed by atoms with E-state index in [-0.39, 0.29) is 24.1 Å². The predicted molar refractivity (Wildman–Crippen MR) is 101 cm³/mol. The van der Waals surface area contributed by atoms with Crippen LogP contribution in [-0.4, -0.2) is 15.5 Å². The third-order valence-electron chi connectivity index (χ3n) is 4.69. The van der Waals surface area contributed by atoms with Crippen molar-refractivity contribution in [2.45, 2.75) is 25.4 Å². The zero-order valence-electron chi connectivity index (χ0n) is 14.1. The first kappa shape index (κ1) is 16.8. The topological polar surface area (TPSA) is 64.0 Å². The minimum atomic E-state index is -0.284. The van der Waals surface area contributed by atoms with Crippen molar-refractivity contribution in [2.75, 3.05) is 0 Å². The third-order valence-corrected chi connectivity index (χ3v) is 4.95. The van der Waals surface area contributed by atoms with E-state index in [1.54, 1.807) is 6.07 Å². The van der Waals surface area contributed by atoms with Crippen LogP contribution in [0.3, 0.4) is 0 Å². The van der Waals surface area contributed by atoms with Gasteiger partial charge in [0, 0.05) is 5.02 Å². The summed E-state index contributed by atoms with van der Waals surface area (Å²) >= 11 is 5.97. The molecule has 0 bridgehead atoms. The van der Waals surface area contributed by atoms with Crippen molar-refractivity contribution in [3.8, 4) is 0 Å². The molecule has 132 valence electrons. The highest BCUT2D eigenvalue weighted by molar-refractivity contribution is 6.30. The standard InChI is InChI=1S/C20H18ClN3O2/c21-15-9-7-14(8-10-15)20(13-5-6-13)23-18(25)12-24-17-4-2-1-3-16(17)22-11-19(24)26/h1-4,7-11,13,20H,5-6,12H2,(H,23,25). The quantitative estimate of drug-likeness (QED) is 0.752. The second kappa shape index (κ2) is 6.92. The van der Waals surface area contributed by atoms with Crippen molar-refractivity contribution < 1.29 is 4.79 Å². The highest BCUT2D eigenvalue weighted by atomic mass is 35.5. The van der Waals surface area contributed by atoms with Gasteiger partial charge in [-0.05, 0) is 48.6 Å². The van der Waals surface area contributed by atoms with E-state index in [1.807, 2.05) is 42.5 Å². The smallest absolute Gasteiger partial charge is 0.269 e. The monoisotopic (exact) mass is 367 g/mol. The summed E-state index contributed by atoms with van der Waals surface area (Å²) in [6.45, 7) is -0.0291. The van der Waals surface area contributed by atoms with Crippen molar-refractivity contribution in [3.63, 3.8) is 0 Å². The third kappa shape index (κ3) is 3.48. The molecule has 6 heteroatoms. The van der Waals surface area contributed by atoms with Crippen LogP contribution in [0.4, 0.5) is 0 Å². The molecule has 1 heterocycles. The molecule has 1 saturated carbocycles. The number of para-hydroxylation sites is 2. The maximum atomic E-state index is 12.7. The molecular weight excluding hydrogens is 350 g/mol. The van der Waals surface area contributed by atoms with Crippen molar-refractivity contribution in [1.29, 1.82) is 0 Å². The molecule has 1 aliphatic rings. The van der Waals surface area contributed by atoms with Gasteiger partial charge in [0.05, 0.1) is 23.3 Å². The highest BCUT2D eigenvalue weighted by Gasteiger charge is 2.33.